The number of nitrogens with zero attached hydrogens (tertiary/aromatic N) is 3. The van der Waals surface area contributed by atoms with E-state index < -0.39 is 11.6 Å². The van der Waals surface area contributed by atoms with Gasteiger partial charge < -0.3 is 19.5 Å². The number of nitrogens with one attached hydrogen (secondary N) is 1. The van der Waals surface area contributed by atoms with Crippen LogP contribution in [-0.4, -0.2) is 47.1 Å². The number of carbonyl (C=O) groups excluding carboxylic acids is 2. The lowest BCUT2D eigenvalue weighted by Crippen LogP contribution is -2.40. The second kappa shape index (κ2) is 12.5. The molecule has 2 aromatic carbocycles. The molecule has 0 aliphatic heterocycles. The number of rotatable bonds is 8. The Morgan fingerprint density at radius 2 is 1.71 bits per heavy atom. The molecule has 0 fully saturated rings. The number of alkyl carbamates (subject to hydrolysis) is 1. The van der Waals surface area contributed by atoms with Crippen LogP contribution in [0, 0.1) is 0 Å². The Bertz CT molecular complexity index is 1600. The number of amides is 1. The maximum absolute atomic E-state index is 12.1. The fourth-order valence-corrected chi connectivity index (χ4v) is 4.66. The minimum atomic E-state index is -0.576. The molecule has 0 atom stereocenters. The Hall–Kier alpha value is -4.21. The van der Waals surface area contributed by atoms with Gasteiger partial charge in [0.15, 0.2) is 6.29 Å². The van der Waals surface area contributed by atoms with Crippen molar-refractivity contribution in [2.45, 2.75) is 32.9 Å². The highest BCUT2D eigenvalue weighted by atomic mass is 35.5. The molecular formula is C30H28Cl2N4O5. The van der Waals surface area contributed by atoms with Gasteiger partial charge in [0.1, 0.15) is 18.1 Å². The van der Waals surface area contributed by atoms with Gasteiger partial charge in [-0.1, -0.05) is 47.5 Å². The number of aromatic nitrogens is 3. The van der Waals surface area contributed by atoms with Crippen LogP contribution in [0.15, 0.2) is 54.9 Å². The largest absolute Gasteiger partial charge is 0.496 e. The van der Waals surface area contributed by atoms with Crippen LogP contribution in [0.2, 0.25) is 10.0 Å². The summed E-state index contributed by atoms with van der Waals surface area (Å²) in [6.07, 6.45) is 3.31. The van der Waals surface area contributed by atoms with Gasteiger partial charge in [-0.2, -0.15) is 0 Å². The minimum Gasteiger partial charge on any atom is -0.496 e. The molecule has 0 saturated heterocycles. The molecule has 0 spiro atoms. The second-order valence-electron chi connectivity index (χ2n) is 9.93. The van der Waals surface area contributed by atoms with Gasteiger partial charge in [-0.3, -0.25) is 9.78 Å². The highest BCUT2D eigenvalue weighted by Gasteiger charge is 2.20. The van der Waals surface area contributed by atoms with Crippen LogP contribution in [0.4, 0.5) is 4.79 Å². The van der Waals surface area contributed by atoms with Gasteiger partial charge in [0.05, 0.1) is 47.4 Å². The normalized spacial score (nSPS) is 11.1. The molecule has 41 heavy (non-hydrogen) atoms. The predicted octanol–water partition coefficient (Wildman–Crippen LogP) is 7.03. The van der Waals surface area contributed by atoms with Crippen LogP contribution < -0.4 is 14.8 Å². The Morgan fingerprint density at radius 1 is 0.976 bits per heavy atom. The van der Waals surface area contributed by atoms with Crippen molar-refractivity contribution in [3.05, 3.63) is 76.2 Å². The SMILES string of the molecule is COc1cc(-c2nccc(-c3cccc(-c4cnc(COC(=O)NC(C)(C)C)c(OC)n4)c3Cl)c2Cl)ccc1C=O. The number of benzene rings is 2. The van der Waals surface area contributed by atoms with Gasteiger partial charge in [0.2, 0.25) is 5.88 Å². The van der Waals surface area contributed by atoms with E-state index in [2.05, 4.69) is 20.3 Å². The van der Waals surface area contributed by atoms with Crippen molar-refractivity contribution in [1.82, 2.24) is 20.3 Å². The Balaban J connectivity index is 1.68. The van der Waals surface area contributed by atoms with E-state index in [0.29, 0.717) is 60.7 Å². The van der Waals surface area contributed by atoms with Crippen molar-refractivity contribution in [3.8, 4) is 45.3 Å². The molecule has 0 aliphatic rings. The average Bonchev–Trinajstić information content (AvgIpc) is 2.95. The molecular weight excluding hydrogens is 567 g/mol. The third kappa shape index (κ3) is 6.75. The van der Waals surface area contributed by atoms with Gasteiger partial charge in [-0.25, -0.2) is 14.8 Å². The first-order chi connectivity index (χ1) is 19.6. The van der Waals surface area contributed by atoms with Crippen molar-refractivity contribution in [2.24, 2.45) is 0 Å². The van der Waals surface area contributed by atoms with Crippen LogP contribution in [0.5, 0.6) is 11.6 Å². The molecule has 1 N–H and O–H groups in total. The third-order valence-electron chi connectivity index (χ3n) is 5.91. The zero-order valence-electron chi connectivity index (χ0n) is 23.1. The zero-order valence-corrected chi connectivity index (χ0v) is 24.6. The number of hydrogen-bond donors (Lipinski definition) is 1. The summed E-state index contributed by atoms with van der Waals surface area (Å²) in [5, 5.41) is 3.49. The molecule has 212 valence electrons. The highest BCUT2D eigenvalue weighted by molar-refractivity contribution is 6.39. The topological polar surface area (TPSA) is 113 Å². The maximum Gasteiger partial charge on any atom is 0.407 e. The van der Waals surface area contributed by atoms with E-state index in [1.807, 2.05) is 32.9 Å². The first-order valence-corrected chi connectivity index (χ1v) is 13.2. The van der Waals surface area contributed by atoms with Gasteiger partial charge in [-0.05, 0) is 39.0 Å². The van der Waals surface area contributed by atoms with Crippen molar-refractivity contribution in [3.63, 3.8) is 0 Å². The Labute approximate surface area is 247 Å². The molecule has 0 aliphatic carbocycles. The van der Waals surface area contributed by atoms with Gasteiger partial charge in [0.25, 0.3) is 0 Å². The lowest BCUT2D eigenvalue weighted by molar-refractivity contribution is 0.112. The summed E-state index contributed by atoms with van der Waals surface area (Å²) >= 11 is 13.8. The standard InChI is InChI=1S/C30H28Cl2N4O5/c1-30(2,3)36-29(38)41-16-23-28(40-5)35-22(14-34-23)21-8-6-7-19(25(21)31)20-11-12-33-27(26(20)32)17-9-10-18(15-37)24(13-17)39-4/h6-15H,16H2,1-5H3,(H,36,38). The number of methoxy groups -OCH3 is 2. The molecule has 0 saturated carbocycles. The number of ether oxygens (including phenoxy) is 3. The molecule has 0 bridgehead atoms. The summed E-state index contributed by atoms with van der Waals surface area (Å²) in [4.78, 5) is 36.8. The molecule has 4 rings (SSSR count). The molecule has 0 unspecified atom stereocenters. The van der Waals surface area contributed by atoms with Crippen molar-refractivity contribution in [1.29, 1.82) is 0 Å². The van der Waals surface area contributed by atoms with Gasteiger partial charge in [0, 0.05) is 34.0 Å². The number of aldehydes is 1. The number of hydrogen-bond acceptors (Lipinski definition) is 8. The Morgan fingerprint density at radius 3 is 2.39 bits per heavy atom. The Kier molecular flexibility index (Phi) is 9.10. The summed E-state index contributed by atoms with van der Waals surface area (Å²) in [6.45, 7) is 5.43. The summed E-state index contributed by atoms with van der Waals surface area (Å²) in [5.41, 5.74) is 3.87. The van der Waals surface area contributed by atoms with Crippen LogP contribution in [-0.2, 0) is 11.3 Å². The number of halogens is 2. The van der Waals surface area contributed by atoms with Crippen LogP contribution in [0.25, 0.3) is 33.6 Å². The van der Waals surface area contributed by atoms with E-state index in [0.717, 1.165) is 6.29 Å². The van der Waals surface area contributed by atoms with E-state index >= 15 is 0 Å². The van der Waals surface area contributed by atoms with E-state index in [-0.39, 0.29) is 12.5 Å². The summed E-state index contributed by atoms with van der Waals surface area (Å²) < 4.78 is 16.0. The molecule has 2 aromatic heterocycles. The fourth-order valence-electron chi connectivity index (χ4n) is 4.01. The van der Waals surface area contributed by atoms with Gasteiger partial charge in [-0.15, -0.1) is 0 Å². The monoisotopic (exact) mass is 594 g/mol. The minimum absolute atomic E-state index is 0.125. The summed E-state index contributed by atoms with van der Waals surface area (Å²) in [5.74, 6) is 0.612. The van der Waals surface area contributed by atoms with E-state index in [1.54, 1.807) is 36.5 Å². The van der Waals surface area contributed by atoms with Crippen molar-refractivity contribution < 1.29 is 23.8 Å². The smallest absolute Gasteiger partial charge is 0.407 e. The average molecular weight is 595 g/mol. The number of pyridine rings is 1. The zero-order chi connectivity index (χ0) is 29.7. The third-order valence-corrected chi connectivity index (χ3v) is 6.70. The quantitative estimate of drug-likeness (QED) is 0.216. The highest BCUT2D eigenvalue weighted by Crippen LogP contribution is 2.42. The molecule has 0 radical (unpaired) electrons. The summed E-state index contributed by atoms with van der Waals surface area (Å²) in [6, 6.07) is 12.4. The molecule has 4 aromatic rings. The fraction of sp³-hybridized carbons (Fsp3) is 0.233. The lowest BCUT2D eigenvalue weighted by Gasteiger charge is -2.20. The van der Waals surface area contributed by atoms with Crippen molar-refractivity contribution in [2.75, 3.05) is 14.2 Å². The van der Waals surface area contributed by atoms with Crippen LogP contribution in [0.1, 0.15) is 36.8 Å². The van der Waals surface area contributed by atoms with Crippen LogP contribution in [0.3, 0.4) is 0 Å². The second-order valence-corrected chi connectivity index (χ2v) is 10.7. The summed E-state index contributed by atoms with van der Waals surface area (Å²) in [7, 11) is 2.95. The molecule has 2 heterocycles. The lowest BCUT2D eigenvalue weighted by atomic mass is 9.99. The van der Waals surface area contributed by atoms with Crippen LogP contribution >= 0.6 is 23.2 Å². The van der Waals surface area contributed by atoms with E-state index in [4.69, 9.17) is 37.4 Å². The van der Waals surface area contributed by atoms with E-state index in [1.165, 1.54) is 20.4 Å². The van der Waals surface area contributed by atoms with E-state index in [9.17, 15) is 9.59 Å². The molecule has 9 nitrogen and oxygen atoms in total. The first kappa shape index (κ1) is 29.8. The predicted molar refractivity (Wildman–Crippen MR) is 158 cm³/mol. The number of carbonyl (C=O) groups is 2. The molecule has 11 heteroatoms. The first-order valence-electron chi connectivity index (χ1n) is 12.5. The van der Waals surface area contributed by atoms with Crippen molar-refractivity contribution >= 4 is 35.6 Å². The molecule has 1 amide bonds. The van der Waals surface area contributed by atoms with Gasteiger partial charge >= 0.3 is 6.09 Å². The maximum atomic E-state index is 12.1.